The molecule has 0 heterocycles. The minimum absolute atomic E-state index is 0.0348. The molecule has 0 aliphatic heterocycles. The Kier molecular flexibility index (Phi) is 5.07. The van der Waals surface area contributed by atoms with Gasteiger partial charge in [0, 0.05) is 27.4 Å². The smallest absolute Gasteiger partial charge is 0.128 e. The summed E-state index contributed by atoms with van der Waals surface area (Å²) in [5.74, 6) is -0.148. The predicted octanol–water partition coefficient (Wildman–Crippen LogP) is 5.17. The van der Waals surface area contributed by atoms with E-state index in [0.717, 1.165) is 10.5 Å². The van der Waals surface area contributed by atoms with Gasteiger partial charge in [-0.05, 0) is 51.5 Å². The Morgan fingerprint density at radius 1 is 1.00 bits per heavy atom. The number of hydrogen-bond acceptors (Lipinski definition) is 2. The Morgan fingerprint density at radius 2 is 1.67 bits per heavy atom. The van der Waals surface area contributed by atoms with Crippen molar-refractivity contribution in [1.82, 2.24) is 5.32 Å². The van der Waals surface area contributed by atoms with Gasteiger partial charge in [0.25, 0.3) is 0 Å². The molecule has 0 spiro atoms. The van der Waals surface area contributed by atoms with E-state index in [2.05, 4.69) is 45.1 Å². The summed E-state index contributed by atoms with van der Waals surface area (Å²) in [6, 6.07) is 13.5. The molecule has 0 aromatic heterocycles. The lowest BCUT2D eigenvalue weighted by Crippen LogP contribution is -2.35. The van der Waals surface area contributed by atoms with E-state index in [4.69, 9.17) is 0 Å². The summed E-state index contributed by atoms with van der Waals surface area (Å²) in [7, 11) is 0. The second kappa shape index (κ2) is 6.63. The molecule has 112 valence electrons. The second-order valence-corrected chi connectivity index (χ2v) is 7.27. The number of nitrogens with one attached hydrogen (secondary N) is 1. The highest BCUT2D eigenvalue weighted by atomic mass is 32.2. The third kappa shape index (κ3) is 4.58. The zero-order valence-corrected chi connectivity index (χ0v) is 13.9. The third-order valence-electron chi connectivity index (χ3n) is 3.18. The van der Waals surface area contributed by atoms with Gasteiger partial charge in [-0.25, -0.2) is 4.39 Å². The SMILES string of the molecule is Cc1ccccc1Sc1cccc(F)c1CNC(C)(C)C. The fourth-order valence-corrected chi connectivity index (χ4v) is 3.00. The predicted molar refractivity (Wildman–Crippen MR) is 88.3 cm³/mol. The van der Waals surface area contributed by atoms with Crippen LogP contribution in [-0.4, -0.2) is 5.54 Å². The summed E-state index contributed by atoms with van der Waals surface area (Å²) in [5, 5.41) is 3.37. The van der Waals surface area contributed by atoms with Crippen molar-refractivity contribution in [2.45, 2.75) is 49.6 Å². The molecule has 0 saturated carbocycles. The fourth-order valence-electron chi connectivity index (χ4n) is 1.95. The maximum Gasteiger partial charge on any atom is 0.128 e. The van der Waals surface area contributed by atoms with E-state index in [1.165, 1.54) is 16.5 Å². The maximum atomic E-state index is 14.2. The lowest BCUT2D eigenvalue weighted by atomic mass is 10.1. The van der Waals surface area contributed by atoms with Crippen LogP contribution in [0.5, 0.6) is 0 Å². The first-order valence-corrected chi connectivity index (χ1v) is 7.94. The molecule has 0 saturated heterocycles. The molecular weight excluding hydrogens is 281 g/mol. The minimum atomic E-state index is -0.148. The van der Waals surface area contributed by atoms with E-state index in [-0.39, 0.29) is 11.4 Å². The molecule has 21 heavy (non-hydrogen) atoms. The average Bonchev–Trinajstić information content (AvgIpc) is 2.39. The topological polar surface area (TPSA) is 12.0 Å². The highest BCUT2D eigenvalue weighted by Crippen LogP contribution is 2.33. The summed E-state index contributed by atoms with van der Waals surface area (Å²) in [4.78, 5) is 2.14. The molecule has 2 aromatic carbocycles. The van der Waals surface area contributed by atoms with Gasteiger partial charge in [0.05, 0.1) is 0 Å². The molecular formula is C18H22FNS. The summed E-state index contributed by atoms with van der Waals surface area (Å²) < 4.78 is 14.2. The maximum absolute atomic E-state index is 14.2. The van der Waals surface area contributed by atoms with Gasteiger partial charge in [0.2, 0.25) is 0 Å². The number of rotatable bonds is 4. The Balaban J connectivity index is 2.27. The molecule has 0 radical (unpaired) electrons. The lowest BCUT2D eigenvalue weighted by Gasteiger charge is -2.22. The number of benzene rings is 2. The zero-order chi connectivity index (χ0) is 15.5. The van der Waals surface area contributed by atoms with E-state index in [1.807, 2.05) is 18.2 Å². The third-order valence-corrected chi connectivity index (χ3v) is 4.47. The van der Waals surface area contributed by atoms with E-state index >= 15 is 0 Å². The van der Waals surface area contributed by atoms with Crippen LogP contribution in [0, 0.1) is 12.7 Å². The van der Waals surface area contributed by atoms with Crippen LogP contribution in [0.15, 0.2) is 52.3 Å². The van der Waals surface area contributed by atoms with Crippen LogP contribution < -0.4 is 5.32 Å². The number of halogens is 1. The molecule has 3 heteroatoms. The van der Waals surface area contributed by atoms with E-state index in [0.29, 0.717) is 6.54 Å². The Bertz CT molecular complexity index is 617. The van der Waals surface area contributed by atoms with Gasteiger partial charge in [-0.15, -0.1) is 0 Å². The molecule has 0 bridgehead atoms. The number of aryl methyl sites for hydroxylation is 1. The van der Waals surface area contributed by atoms with Crippen molar-refractivity contribution in [1.29, 1.82) is 0 Å². The highest BCUT2D eigenvalue weighted by Gasteiger charge is 2.14. The van der Waals surface area contributed by atoms with Gasteiger partial charge in [-0.3, -0.25) is 0 Å². The van der Waals surface area contributed by atoms with Crippen LogP contribution in [0.25, 0.3) is 0 Å². The molecule has 0 unspecified atom stereocenters. The van der Waals surface area contributed by atoms with Crippen LogP contribution in [0.4, 0.5) is 4.39 Å². The van der Waals surface area contributed by atoms with Crippen molar-refractivity contribution in [2.75, 3.05) is 0 Å². The van der Waals surface area contributed by atoms with Gasteiger partial charge < -0.3 is 5.32 Å². The minimum Gasteiger partial charge on any atom is -0.308 e. The van der Waals surface area contributed by atoms with Crippen molar-refractivity contribution in [2.24, 2.45) is 0 Å². The lowest BCUT2D eigenvalue weighted by molar-refractivity contribution is 0.416. The van der Waals surface area contributed by atoms with Crippen molar-refractivity contribution in [3.63, 3.8) is 0 Å². The monoisotopic (exact) mass is 303 g/mol. The first kappa shape index (κ1) is 16.1. The zero-order valence-electron chi connectivity index (χ0n) is 13.0. The van der Waals surface area contributed by atoms with Crippen molar-refractivity contribution in [3.05, 3.63) is 59.4 Å². The first-order valence-electron chi connectivity index (χ1n) is 7.13. The van der Waals surface area contributed by atoms with E-state index < -0.39 is 0 Å². The van der Waals surface area contributed by atoms with Crippen LogP contribution in [-0.2, 0) is 6.54 Å². The summed E-state index contributed by atoms with van der Waals surface area (Å²) in [5.41, 5.74) is 1.91. The molecule has 0 aliphatic rings. The fraction of sp³-hybridized carbons (Fsp3) is 0.333. The summed E-state index contributed by atoms with van der Waals surface area (Å²) in [6.07, 6.45) is 0. The van der Waals surface area contributed by atoms with Gasteiger partial charge in [-0.2, -0.15) is 0 Å². The van der Waals surface area contributed by atoms with Crippen LogP contribution in [0.3, 0.4) is 0 Å². The molecule has 0 atom stereocenters. The molecule has 1 N–H and O–H groups in total. The molecule has 0 aliphatic carbocycles. The molecule has 2 aromatic rings. The average molecular weight is 303 g/mol. The van der Waals surface area contributed by atoms with Crippen LogP contribution >= 0.6 is 11.8 Å². The highest BCUT2D eigenvalue weighted by molar-refractivity contribution is 7.99. The summed E-state index contributed by atoms with van der Waals surface area (Å²) in [6.45, 7) is 8.87. The first-order chi connectivity index (χ1) is 9.87. The van der Waals surface area contributed by atoms with Gasteiger partial charge in [0.15, 0.2) is 0 Å². The Morgan fingerprint density at radius 3 is 2.33 bits per heavy atom. The molecule has 2 rings (SSSR count). The number of hydrogen-bond donors (Lipinski definition) is 1. The van der Waals surface area contributed by atoms with Crippen LogP contribution in [0.2, 0.25) is 0 Å². The van der Waals surface area contributed by atoms with Gasteiger partial charge in [0.1, 0.15) is 5.82 Å². The molecule has 0 fully saturated rings. The van der Waals surface area contributed by atoms with E-state index in [9.17, 15) is 4.39 Å². The second-order valence-electron chi connectivity index (χ2n) is 6.19. The van der Waals surface area contributed by atoms with Crippen molar-refractivity contribution in [3.8, 4) is 0 Å². The van der Waals surface area contributed by atoms with E-state index in [1.54, 1.807) is 17.8 Å². The van der Waals surface area contributed by atoms with Gasteiger partial charge >= 0.3 is 0 Å². The normalized spacial score (nSPS) is 11.7. The molecule has 1 nitrogen and oxygen atoms in total. The van der Waals surface area contributed by atoms with Crippen molar-refractivity contribution < 1.29 is 4.39 Å². The Hall–Kier alpha value is -1.32. The largest absolute Gasteiger partial charge is 0.308 e. The molecule has 0 amide bonds. The van der Waals surface area contributed by atoms with Crippen molar-refractivity contribution >= 4 is 11.8 Å². The quantitative estimate of drug-likeness (QED) is 0.836. The standard InChI is InChI=1S/C18H22FNS/c1-13-8-5-6-10-16(13)21-17-11-7-9-15(19)14(17)12-20-18(2,3)4/h5-11,20H,12H2,1-4H3. The van der Waals surface area contributed by atoms with Gasteiger partial charge in [-0.1, -0.05) is 36.0 Å². The van der Waals surface area contributed by atoms with Crippen LogP contribution in [0.1, 0.15) is 31.9 Å². The Labute approximate surface area is 131 Å². The summed E-state index contributed by atoms with van der Waals surface area (Å²) >= 11 is 1.63.